The summed E-state index contributed by atoms with van der Waals surface area (Å²) >= 11 is 3.50. The second-order valence-electron chi connectivity index (χ2n) is 4.94. The second-order valence-corrected chi connectivity index (χ2v) is 5.85. The van der Waals surface area contributed by atoms with E-state index in [1.54, 1.807) is 0 Å². The molecule has 1 aliphatic heterocycles. The normalized spacial score (nSPS) is 19.3. The zero-order chi connectivity index (χ0) is 13.8. The molecule has 0 amide bonds. The van der Waals surface area contributed by atoms with E-state index in [9.17, 15) is 4.79 Å². The van der Waals surface area contributed by atoms with Crippen molar-refractivity contribution in [1.29, 1.82) is 0 Å². The summed E-state index contributed by atoms with van der Waals surface area (Å²) in [5.74, 6) is -0.742. The molecule has 4 nitrogen and oxygen atoms in total. The van der Waals surface area contributed by atoms with Crippen LogP contribution in [0.25, 0.3) is 0 Å². The highest BCUT2D eigenvalue weighted by Gasteiger charge is 2.22. The first-order valence-electron chi connectivity index (χ1n) is 6.50. The summed E-state index contributed by atoms with van der Waals surface area (Å²) in [5.41, 5.74) is 1.29. The van der Waals surface area contributed by atoms with Crippen molar-refractivity contribution in [3.05, 3.63) is 34.3 Å². The monoisotopic (exact) mass is 326 g/mol. The summed E-state index contributed by atoms with van der Waals surface area (Å²) < 4.78 is 1.10. The number of carbonyl (C=O) groups is 1. The number of rotatable bonds is 4. The molecule has 104 valence electrons. The summed E-state index contributed by atoms with van der Waals surface area (Å²) in [6.45, 7) is 5.84. The van der Waals surface area contributed by atoms with E-state index < -0.39 is 5.97 Å². The van der Waals surface area contributed by atoms with Crippen LogP contribution in [-0.4, -0.2) is 53.6 Å². The molecule has 1 aromatic rings. The molecule has 1 unspecified atom stereocenters. The van der Waals surface area contributed by atoms with Crippen molar-refractivity contribution in [3.63, 3.8) is 0 Å². The molecule has 0 aromatic heterocycles. The highest BCUT2D eigenvalue weighted by Crippen LogP contribution is 2.24. The number of nitrogens with zero attached hydrogens (tertiary/aromatic N) is 2. The van der Waals surface area contributed by atoms with Crippen molar-refractivity contribution >= 4 is 21.9 Å². The van der Waals surface area contributed by atoms with Gasteiger partial charge in [0.25, 0.3) is 0 Å². The van der Waals surface area contributed by atoms with E-state index >= 15 is 0 Å². The van der Waals surface area contributed by atoms with E-state index in [2.05, 4.69) is 46.0 Å². The van der Waals surface area contributed by atoms with Gasteiger partial charge in [0.2, 0.25) is 0 Å². The number of benzene rings is 1. The summed E-state index contributed by atoms with van der Waals surface area (Å²) in [6.07, 6.45) is 0. The molecule has 1 saturated heterocycles. The predicted molar refractivity (Wildman–Crippen MR) is 78.2 cm³/mol. The number of halogens is 1. The molecule has 1 aliphatic rings. The molecule has 1 fully saturated rings. The Kier molecular flexibility index (Phi) is 4.96. The number of hydrogen-bond acceptors (Lipinski definition) is 3. The smallest absolute Gasteiger partial charge is 0.317 e. The van der Waals surface area contributed by atoms with Crippen LogP contribution >= 0.6 is 15.9 Å². The van der Waals surface area contributed by atoms with Crippen LogP contribution in [0.5, 0.6) is 0 Å². The molecule has 2 rings (SSSR count). The van der Waals surface area contributed by atoms with Crippen LogP contribution in [0, 0.1) is 0 Å². The Morgan fingerprint density at radius 1 is 1.37 bits per heavy atom. The van der Waals surface area contributed by atoms with E-state index in [1.807, 2.05) is 11.0 Å². The first kappa shape index (κ1) is 14.5. The van der Waals surface area contributed by atoms with E-state index in [4.69, 9.17) is 5.11 Å². The number of carboxylic acids is 1. The average molecular weight is 327 g/mol. The Morgan fingerprint density at radius 2 is 2.05 bits per heavy atom. The van der Waals surface area contributed by atoms with Gasteiger partial charge in [-0.3, -0.25) is 14.6 Å². The highest BCUT2D eigenvalue weighted by atomic mass is 79.9. The van der Waals surface area contributed by atoms with Crippen molar-refractivity contribution in [2.24, 2.45) is 0 Å². The van der Waals surface area contributed by atoms with Crippen molar-refractivity contribution in [3.8, 4) is 0 Å². The lowest BCUT2D eigenvalue weighted by Crippen LogP contribution is -2.48. The summed E-state index contributed by atoms with van der Waals surface area (Å²) in [6, 6.07) is 8.73. The molecule has 0 bridgehead atoms. The molecule has 19 heavy (non-hydrogen) atoms. The Balaban J connectivity index is 1.92. The van der Waals surface area contributed by atoms with Gasteiger partial charge in [0.15, 0.2) is 0 Å². The van der Waals surface area contributed by atoms with Gasteiger partial charge in [0.05, 0.1) is 6.54 Å². The zero-order valence-corrected chi connectivity index (χ0v) is 12.6. The van der Waals surface area contributed by atoms with Gasteiger partial charge in [-0.25, -0.2) is 0 Å². The highest BCUT2D eigenvalue weighted by molar-refractivity contribution is 9.10. The molecule has 0 radical (unpaired) electrons. The Bertz CT molecular complexity index is 445. The minimum absolute atomic E-state index is 0.152. The molecule has 0 aliphatic carbocycles. The van der Waals surface area contributed by atoms with Crippen LogP contribution < -0.4 is 0 Å². The zero-order valence-electron chi connectivity index (χ0n) is 11.1. The minimum Gasteiger partial charge on any atom is -0.480 e. The minimum atomic E-state index is -0.742. The first-order valence-corrected chi connectivity index (χ1v) is 7.29. The van der Waals surface area contributed by atoms with Gasteiger partial charge in [-0.15, -0.1) is 0 Å². The fraction of sp³-hybridized carbons (Fsp3) is 0.500. The molecule has 5 heteroatoms. The molecule has 1 heterocycles. The summed E-state index contributed by atoms with van der Waals surface area (Å²) in [5, 5.41) is 8.79. The Hall–Kier alpha value is -0.910. The maximum absolute atomic E-state index is 10.7. The van der Waals surface area contributed by atoms with Crippen LogP contribution in [-0.2, 0) is 4.79 Å². The maximum atomic E-state index is 10.7. The molecule has 1 aromatic carbocycles. The first-order chi connectivity index (χ1) is 9.06. The van der Waals surface area contributed by atoms with E-state index in [1.165, 1.54) is 5.56 Å². The van der Waals surface area contributed by atoms with E-state index in [-0.39, 0.29) is 6.54 Å². The SMILES string of the molecule is CC(c1cccc(Br)c1)N1CCN(CC(=O)O)CC1. The number of carboxylic acid groups (broad SMARTS) is 1. The van der Waals surface area contributed by atoms with Crippen LogP contribution in [0.15, 0.2) is 28.7 Å². The van der Waals surface area contributed by atoms with Crippen LogP contribution in [0.2, 0.25) is 0 Å². The molecular weight excluding hydrogens is 308 g/mol. The number of piperazine rings is 1. The lowest BCUT2D eigenvalue weighted by molar-refractivity contribution is -0.138. The van der Waals surface area contributed by atoms with Gasteiger partial charge in [-0.2, -0.15) is 0 Å². The summed E-state index contributed by atoms with van der Waals surface area (Å²) in [4.78, 5) is 15.1. The maximum Gasteiger partial charge on any atom is 0.317 e. The van der Waals surface area contributed by atoms with Crippen molar-refractivity contribution in [2.75, 3.05) is 32.7 Å². The average Bonchev–Trinajstić information content (AvgIpc) is 2.38. The van der Waals surface area contributed by atoms with Crippen molar-refractivity contribution < 1.29 is 9.90 Å². The third-order valence-corrected chi connectivity index (χ3v) is 4.14. The van der Waals surface area contributed by atoms with E-state index in [0.29, 0.717) is 6.04 Å². The summed E-state index contributed by atoms with van der Waals surface area (Å²) in [7, 11) is 0. The molecule has 0 saturated carbocycles. The molecule has 1 N–H and O–H groups in total. The van der Waals surface area contributed by atoms with Gasteiger partial charge >= 0.3 is 5.97 Å². The van der Waals surface area contributed by atoms with Crippen LogP contribution in [0.4, 0.5) is 0 Å². The number of aliphatic carboxylic acids is 1. The largest absolute Gasteiger partial charge is 0.480 e. The molecule has 1 atom stereocenters. The predicted octanol–water partition coefficient (Wildman–Crippen LogP) is 2.21. The van der Waals surface area contributed by atoms with Gasteiger partial charge in [-0.1, -0.05) is 28.1 Å². The molecule has 0 spiro atoms. The van der Waals surface area contributed by atoms with Gasteiger partial charge in [-0.05, 0) is 24.6 Å². The van der Waals surface area contributed by atoms with Crippen LogP contribution in [0.3, 0.4) is 0 Å². The van der Waals surface area contributed by atoms with Crippen molar-refractivity contribution in [2.45, 2.75) is 13.0 Å². The fourth-order valence-electron chi connectivity index (χ4n) is 2.48. The Morgan fingerprint density at radius 3 is 2.63 bits per heavy atom. The van der Waals surface area contributed by atoms with Gasteiger partial charge in [0, 0.05) is 36.7 Å². The third kappa shape index (κ3) is 4.03. The number of hydrogen-bond donors (Lipinski definition) is 1. The third-order valence-electron chi connectivity index (χ3n) is 3.64. The lowest BCUT2D eigenvalue weighted by Gasteiger charge is -2.37. The molecular formula is C14H19BrN2O2. The van der Waals surface area contributed by atoms with Crippen molar-refractivity contribution in [1.82, 2.24) is 9.80 Å². The van der Waals surface area contributed by atoms with Gasteiger partial charge in [0.1, 0.15) is 0 Å². The van der Waals surface area contributed by atoms with Gasteiger partial charge < -0.3 is 5.11 Å². The standard InChI is InChI=1S/C14H19BrN2O2/c1-11(12-3-2-4-13(15)9-12)17-7-5-16(6-8-17)10-14(18)19/h2-4,9,11H,5-8,10H2,1H3,(H,18,19). The quantitative estimate of drug-likeness (QED) is 0.921. The topological polar surface area (TPSA) is 43.8 Å². The second kappa shape index (κ2) is 6.50. The lowest BCUT2D eigenvalue weighted by atomic mass is 10.1. The van der Waals surface area contributed by atoms with E-state index in [0.717, 1.165) is 30.7 Å². The van der Waals surface area contributed by atoms with Crippen LogP contribution in [0.1, 0.15) is 18.5 Å². The Labute approximate surface area is 122 Å². The fourth-order valence-corrected chi connectivity index (χ4v) is 2.89.